The number of hydrogen-bond donors (Lipinski definition) is 2. The Hall–Kier alpha value is -2.30. The van der Waals surface area contributed by atoms with Crippen molar-refractivity contribution in [2.75, 3.05) is 24.6 Å². The molecule has 1 aliphatic rings. The number of carbonyl (C=O) groups excluding carboxylic acids is 5. The molecule has 10 nitrogen and oxygen atoms in total. The first kappa shape index (κ1) is 19.7. The van der Waals surface area contributed by atoms with Crippen molar-refractivity contribution in [3.05, 3.63) is 0 Å². The van der Waals surface area contributed by atoms with E-state index in [2.05, 4.69) is 15.5 Å². The maximum atomic E-state index is 11.6. The highest BCUT2D eigenvalue weighted by molar-refractivity contribution is 7.85. The minimum Gasteiger partial charge on any atom is -0.356 e. The summed E-state index contributed by atoms with van der Waals surface area (Å²) in [6.07, 6.45) is -0.174. The lowest BCUT2D eigenvalue weighted by Gasteiger charge is -2.12. The van der Waals surface area contributed by atoms with Gasteiger partial charge in [-0.05, 0) is 6.92 Å². The second-order valence-corrected chi connectivity index (χ2v) is 6.39. The van der Waals surface area contributed by atoms with Gasteiger partial charge < -0.3 is 15.5 Å². The Morgan fingerprint density at radius 1 is 1.12 bits per heavy atom. The minimum absolute atomic E-state index is 0.0180. The van der Waals surface area contributed by atoms with Gasteiger partial charge in [0.25, 0.3) is 11.8 Å². The molecule has 1 saturated heterocycles. The lowest BCUT2D eigenvalue weighted by atomic mass is 10.4. The molecule has 0 aromatic heterocycles. The van der Waals surface area contributed by atoms with Crippen LogP contribution in [0.4, 0.5) is 0 Å². The summed E-state index contributed by atoms with van der Waals surface area (Å²) >= 11 is 0. The van der Waals surface area contributed by atoms with Crippen LogP contribution < -0.4 is 10.6 Å². The Bertz CT molecular complexity index is 548. The van der Waals surface area contributed by atoms with Crippen molar-refractivity contribution < 1.29 is 33.0 Å². The third-order valence-corrected chi connectivity index (χ3v) is 4.10. The lowest BCUT2D eigenvalue weighted by molar-refractivity contribution is -0.196. The Kier molecular flexibility index (Phi) is 8.02. The highest BCUT2D eigenvalue weighted by atomic mass is 32.2. The van der Waals surface area contributed by atoms with E-state index in [0.717, 1.165) is 0 Å². The summed E-state index contributed by atoms with van der Waals surface area (Å²) in [6, 6.07) is 0. The van der Waals surface area contributed by atoms with E-state index >= 15 is 0 Å². The van der Waals surface area contributed by atoms with Crippen molar-refractivity contribution in [1.29, 1.82) is 0 Å². The molecule has 1 fully saturated rings. The first-order valence-electron chi connectivity index (χ1n) is 7.28. The number of rotatable bonds is 9. The van der Waals surface area contributed by atoms with E-state index in [1.807, 2.05) is 0 Å². The lowest BCUT2D eigenvalue weighted by Crippen LogP contribution is -2.38. The van der Waals surface area contributed by atoms with Gasteiger partial charge in [0.15, 0.2) is 0 Å². The molecule has 1 rings (SSSR count). The number of nitrogens with one attached hydrogen (secondary N) is 2. The number of carbonyl (C=O) groups is 5. The Morgan fingerprint density at radius 2 is 1.75 bits per heavy atom. The van der Waals surface area contributed by atoms with Crippen molar-refractivity contribution in [1.82, 2.24) is 15.7 Å². The zero-order valence-electron chi connectivity index (χ0n) is 13.2. The molecule has 2 N–H and O–H groups in total. The summed E-state index contributed by atoms with van der Waals surface area (Å²) in [4.78, 5) is 61.2. The van der Waals surface area contributed by atoms with Crippen LogP contribution in [0.25, 0.3) is 0 Å². The topological polar surface area (TPSA) is 139 Å². The van der Waals surface area contributed by atoms with Crippen LogP contribution in [0.3, 0.4) is 0 Å². The van der Waals surface area contributed by atoms with Crippen LogP contribution in [-0.4, -0.2) is 63.5 Å². The Morgan fingerprint density at radius 3 is 2.33 bits per heavy atom. The molecule has 134 valence electrons. The summed E-state index contributed by atoms with van der Waals surface area (Å²) < 4.78 is 11.6. The molecular formula is C13H19N3O7S. The predicted octanol–water partition coefficient (Wildman–Crippen LogP) is -2.02. The molecule has 0 spiro atoms. The molecule has 0 aromatic carbocycles. The molecule has 24 heavy (non-hydrogen) atoms. The summed E-state index contributed by atoms with van der Waals surface area (Å²) in [5.74, 6) is -3.32. The van der Waals surface area contributed by atoms with Crippen molar-refractivity contribution in [3.63, 3.8) is 0 Å². The van der Waals surface area contributed by atoms with Crippen LogP contribution >= 0.6 is 0 Å². The molecule has 1 atom stereocenters. The number of amides is 4. The van der Waals surface area contributed by atoms with Gasteiger partial charge in [0.1, 0.15) is 12.3 Å². The highest BCUT2D eigenvalue weighted by Crippen LogP contribution is 2.11. The van der Waals surface area contributed by atoms with Crippen LogP contribution in [0.1, 0.15) is 26.2 Å². The largest absolute Gasteiger partial charge is 0.356 e. The average molecular weight is 361 g/mol. The maximum Gasteiger partial charge on any atom is 0.352 e. The van der Waals surface area contributed by atoms with E-state index in [1.165, 1.54) is 0 Å². The fourth-order valence-electron chi connectivity index (χ4n) is 1.72. The molecule has 1 unspecified atom stereocenters. The number of nitrogens with zero attached hydrogens (tertiary/aromatic N) is 1. The van der Waals surface area contributed by atoms with Gasteiger partial charge in [-0.1, -0.05) is 0 Å². The standard InChI is InChI=1S/C13H19N3O7S/c1-2-14-10(18)8-24(22)6-5-9(17)15-7-13(21)23-16-11(19)3-4-12(16)20/h2-8H2,1H3,(H,14,18)(H,15,17). The van der Waals surface area contributed by atoms with Crippen molar-refractivity contribution in [3.8, 4) is 0 Å². The molecule has 1 aliphatic heterocycles. The van der Waals surface area contributed by atoms with Gasteiger partial charge in [-0.3, -0.25) is 23.4 Å². The van der Waals surface area contributed by atoms with Gasteiger partial charge in [-0.15, -0.1) is 5.06 Å². The minimum atomic E-state index is -1.49. The summed E-state index contributed by atoms with van der Waals surface area (Å²) in [5, 5.41) is 5.10. The summed E-state index contributed by atoms with van der Waals surface area (Å²) in [6.45, 7) is 1.64. The molecule has 0 aromatic rings. The van der Waals surface area contributed by atoms with Gasteiger partial charge in [-0.2, -0.15) is 0 Å². The van der Waals surface area contributed by atoms with Crippen LogP contribution in [0.5, 0.6) is 0 Å². The van der Waals surface area contributed by atoms with E-state index in [-0.39, 0.29) is 36.7 Å². The Labute approximate surface area is 140 Å². The van der Waals surface area contributed by atoms with E-state index in [9.17, 15) is 28.2 Å². The van der Waals surface area contributed by atoms with E-state index < -0.39 is 41.0 Å². The van der Waals surface area contributed by atoms with E-state index in [1.54, 1.807) is 6.92 Å². The van der Waals surface area contributed by atoms with Crippen LogP contribution in [0.15, 0.2) is 0 Å². The molecule has 1 heterocycles. The molecule has 0 bridgehead atoms. The van der Waals surface area contributed by atoms with Crippen molar-refractivity contribution in [2.24, 2.45) is 0 Å². The van der Waals surface area contributed by atoms with Crippen LogP contribution in [0.2, 0.25) is 0 Å². The van der Waals surface area contributed by atoms with Gasteiger partial charge in [0.05, 0.1) is 0 Å². The monoisotopic (exact) mass is 361 g/mol. The summed E-state index contributed by atoms with van der Waals surface area (Å²) in [7, 11) is -1.49. The second-order valence-electron chi connectivity index (χ2n) is 4.81. The van der Waals surface area contributed by atoms with Crippen molar-refractivity contribution >= 4 is 40.4 Å². The van der Waals surface area contributed by atoms with Crippen LogP contribution in [0, 0.1) is 0 Å². The Balaban J connectivity index is 2.22. The zero-order chi connectivity index (χ0) is 18.1. The second kappa shape index (κ2) is 9.75. The SMILES string of the molecule is CCNC(=O)CS(=O)CCC(=O)NCC(=O)ON1C(=O)CCC1=O. The third kappa shape index (κ3) is 6.86. The van der Waals surface area contributed by atoms with Gasteiger partial charge >= 0.3 is 5.97 Å². The number of hydrogen-bond acceptors (Lipinski definition) is 7. The molecule has 0 radical (unpaired) electrons. The van der Waals surface area contributed by atoms with E-state index in [0.29, 0.717) is 11.6 Å². The predicted molar refractivity (Wildman–Crippen MR) is 81.4 cm³/mol. The molecular weight excluding hydrogens is 342 g/mol. The molecule has 11 heteroatoms. The summed E-state index contributed by atoms with van der Waals surface area (Å²) in [5.41, 5.74) is 0. The third-order valence-electron chi connectivity index (χ3n) is 2.85. The highest BCUT2D eigenvalue weighted by Gasteiger charge is 2.32. The number of hydroxylamine groups is 2. The van der Waals surface area contributed by atoms with Crippen molar-refractivity contribution in [2.45, 2.75) is 26.2 Å². The zero-order valence-corrected chi connectivity index (χ0v) is 14.0. The molecule has 4 amide bonds. The smallest absolute Gasteiger partial charge is 0.352 e. The van der Waals surface area contributed by atoms with E-state index in [4.69, 9.17) is 0 Å². The molecule has 0 saturated carbocycles. The number of imide groups is 1. The first-order valence-corrected chi connectivity index (χ1v) is 8.77. The maximum absolute atomic E-state index is 11.6. The fraction of sp³-hybridized carbons (Fsp3) is 0.615. The average Bonchev–Trinajstić information content (AvgIpc) is 2.83. The van der Waals surface area contributed by atoms with Gasteiger partial charge in [0, 0.05) is 42.4 Å². The molecule has 0 aliphatic carbocycles. The van der Waals surface area contributed by atoms with Crippen LogP contribution in [-0.2, 0) is 39.6 Å². The fourth-order valence-corrected chi connectivity index (χ4v) is 2.68. The normalized spacial score (nSPS) is 15.1. The van der Waals surface area contributed by atoms with Gasteiger partial charge in [0.2, 0.25) is 11.8 Å². The first-order chi connectivity index (χ1) is 11.3. The van der Waals surface area contributed by atoms with Gasteiger partial charge in [-0.25, -0.2) is 4.79 Å². The quantitative estimate of drug-likeness (QED) is 0.452.